The minimum atomic E-state index is -4.60. The van der Waals surface area contributed by atoms with Crippen LogP contribution in [0.5, 0.6) is 0 Å². The van der Waals surface area contributed by atoms with E-state index in [9.17, 15) is 22.8 Å². The smallest absolute Gasteiger partial charge is 0.307 e. The molecular formula is C10H10F3NO2. The Morgan fingerprint density at radius 3 is 2.38 bits per heavy atom. The molecule has 1 aromatic rings. The molecule has 0 spiro atoms. The quantitative estimate of drug-likeness (QED) is 0.733. The number of nitrogens with zero attached hydrogens (tertiary/aromatic N) is 1. The molecular weight excluding hydrogens is 223 g/mol. The second-order valence-corrected chi connectivity index (χ2v) is 3.27. The Morgan fingerprint density at radius 1 is 1.38 bits per heavy atom. The zero-order valence-electron chi connectivity index (χ0n) is 8.76. The molecule has 0 amide bonds. The van der Waals surface area contributed by atoms with Crippen molar-refractivity contribution in [2.45, 2.75) is 19.5 Å². The van der Waals surface area contributed by atoms with Gasteiger partial charge in [0.15, 0.2) is 5.78 Å². The number of Topliss-reactive ketones (excluding diaryl/α,β-unsaturated/α-hetero) is 1. The van der Waals surface area contributed by atoms with Crippen molar-refractivity contribution in [1.29, 1.82) is 0 Å². The van der Waals surface area contributed by atoms with Crippen LogP contribution in [0.2, 0.25) is 0 Å². The molecule has 16 heavy (non-hydrogen) atoms. The third-order valence-corrected chi connectivity index (χ3v) is 2.22. The fourth-order valence-corrected chi connectivity index (χ4v) is 1.32. The van der Waals surface area contributed by atoms with Crippen LogP contribution in [-0.2, 0) is 13.2 Å². The largest absolute Gasteiger partial charge is 0.431 e. The van der Waals surface area contributed by atoms with Crippen LogP contribution in [0.1, 0.15) is 29.4 Å². The lowest BCUT2D eigenvalue weighted by Gasteiger charge is -2.12. The highest BCUT2D eigenvalue weighted by Gasteiger charge is 2.34. The second kappa shape index (κ2) is 4.11. The molecule has 88 valence electrons. The van der Waals surface area contributed by atoms with E-state index >= 15 is 0 Å². The van der Waals surface area contributed by atoms with Crippen molar-refractivity contribution in [3.63, 3.8) is 0 Å². The van der Waals surface area contributed by atoms with Crippen LogP contribution in [0.25, 0.3) is 0 Å². The van der Waals surface area contributed by atoms with Gasteiger partial charge in [-0.15, -0.1) is 0 Å². The Kier molecular flexibility index (Phi) is 3.21. The first-order chi connectivity index (χ1) is 7.29. The first kappa shape index (κ1) is 12.5. The molecule has 0 aromatic carbocycles. The number of ketones is 1. The summed E-state index contributed by atoms with van der Waals surface area (Å²) in [6, 6.07) is 1.67. The van der Waals surface area contributed by atoms with Gasteiger partial charge < -0.3 is 4.57 Å². The average molecular weight is 233 g/mol. The molecule has 0 fully saturated rings. The molecule has 0 N–H and O–H groups in total. The second-order valence-electron chi connectivity index (χ2n) is 3.27. The number of pyridine rings is 1. The SMILES string of the molecule is CCC(=O)c1ccc(C(F)(F)F)n(C)c1=O. The van der Waals surface area contributed by atoms with Crippen LogP contribution in [-0.4, -0.2) is 10.4 Å². The number of aromatic nitrogens is 1. The molecule has 1 heterocycles. The van der Waals surface area contributed by atoms with Gasteiger partial charge >= 0.3 is 6.18 Å². The van der Waals surface area contributed by atoms with Gasteiger partial charge in [-0.1, -0.05) is 6.92 Å². The van der Waals surface area contributed by atoms with E-state index in [0.29, 0.717) is 4.57 Å². The molecule has 1 aromatic heterocycles. The third kappa shape index (κ3) is 2.15. The van der Waals surface area contributed by atoms with Gasteiger partial charge in [0.1, 0.15) is 5.69 Å². The maximum absolute atomic E-state index is 12.4. The third-order valence-electron chi connectivity index (χ3n) is 2.22. The zero-order valence-corrected chi connectivity index (χ0v) is 8.76. The van der Waals surface area contributed by atoms with E-state index in [2.05, 4.69) is 0 Å². The molecule has 0 radical (unpaired) electrons. The number of alkyl halides is 3. The number of carbonyl (C=O) groups excluding carboxylic acids is 1. The van der Waals surface area contributed by atoms with E-state index in [4.69, 9.17) is 0 Å². The number of hydrogen-bond donors (Lipinski definition) is 0. The van der Waals surface area contributed by atoms with Crippen molar-refractivity contribution in [3.8, 4) is 0 Å². The van der Waals surface area contributed by atoms with Crippen LogP contribution >= 0.6 is 0 Å². The standard InChI is InChI=1S/C10H10F3NO2/c1-3-7(15)6-4-5-8(10(11,12)13)14(2)9(6)16/h4-5H,3H2,1-2H3. The molecule has 0 saturated carbocycles. The van der Waals surface area contributed by atoms with Crippen molar-refractivity contribution in [2.24, 2.45) is 7.05 Å². The van der Waals surface area contributed by atoms with Gasteiger partial charge in [0.05, 0.1) is 5.56 Å². The summed E-state index contributed by atoms with van der Waals surface area (Å²) in [5.41, 5.74) is -2.19. The van der Waals surface area contributed by atoms with Crippen molar-refractivity contribution in [2.75, 3.05) is 0 Å². The molecule has 3 nitrogen and oxygen atoms in total. The van der Waals surface area contributed by atoms with Crippen LogP contribution in [0.3, 0.4) is 0 Å². The summed E-state index contributed by atoms with van der Waals surface area (Å²) >= 11 is 0. The summed E-state index contributed by atoms with van der Waals surface area (Å²) in [6.07, 6.45) is -4.51. The van der Waals surface area contributed by atoms with Crippen LogP contribution in [0, 0.1) is 0 Å². The monoisotopic (exact) mass is 233 g/mol. The number of halogens is 3. The highest BCUT2D eigenvalue weighted by Crippen LogP contribution is 2.27. The molecule has 0 atom stereocenters. The number of rotatable bonds is 2. The molecule has 0 aliphatic heterocycles. The van der Waals surface area contributed by atoms with E-state index in [1.807, 2.05) is 0 Å². The fourth-order valence-electron chi connectivity index (χ4n) is 1.32. The van der Waals surface area contributed by atoms with Gasteiger partial charge in [-0.2, -0.15) is 13.2 Å². The fraction of sp³-hybridized carbons (Fsp3) is 0.400. The Balaban J connectivity index is 3.41. The predicted molar refractivity (Wildman–Crippen MR) is 51.3 cm³/mol. The molecule has 0 aliphatic rings. The van der Waals surface area contributed by atoms with E-state index in [0.717, 1.165) is 19.2 Å². The van der Waals surface area contributed by atoms with Gasteiger partial charge in [0.2, 0.25) is 0 Å². The molecule has 0 aliphatic carbocycles. The minimum Gasteiger partial charge on any atom is -0.307 e. The average Bonchev–Trinajstić information content (AvgIpc) is 2.19. The first-order valence-corrected chi connectivity index (χ1v) is 4.59. The van der Waals surface area contributed by atoms with E-state index in [1.165, 1.54) is 0 Å². The lowest BCUT2D eigenvalue weighted by Crippen LogP contribution is -2.29. The number of carbonyl (C=O) groups is 1. The van der Waals surface area contributed by atoms with Crippen LogP contribution in [0.4, 0.5) is 13.2 Å². The molecule has 0 saturated heterocycles. The highest BCUT2D eigenvalue weighted by molar-refractivity contribution is 5.95. The van der Waals surface area contributed by atoms with Crippen molar-refractivity contribution in [1.82, 2.24) is 4.57 Å². The summed E-state index contributed by atoms with van der Waals surface area (Å²) < 4.78 is 37.6. The summed E-state index contributed by atoms with van der Waals surface area (Å²) in [5.74, 6) is -0.464. The molecule has 0 bridgehead atoms. The summed E-state index contributed by atoms with van der Waals surface area (Å²) in [6.45, 7) is 1.54. The van der Waals surface area contributed by atoms with Gasteiger partial charge in [0, 0.05) is 13.5 Å². The summed E-state index contributed by atoms with van der Waals surface area (Å²) in [7, 11) is 0.998. The minimum absolute atomic E-state index is 0.0839. The topological polar surface area (TPSA) is 39.1 Å². The predicted octanol–water partition coefficient (Wildman–Crippen LogP) is 2.00. The number of hydrogen-bond acceptors (Lipinski definition) is 2. The maximum atomic E-state index is 12.4. The Bertz CT molecular complexity index is 474. The normalized spacial score (nSPS) is 11.6. The lowest BCUT2D eigenvalue weighted by molar-refractivity contribution is -0.143. The van der Waals surface area contributed by atoms with Gasteiger partial charge in [-0.05, 0) is 12.1 Å². The van der Waals surface area contributed by atoms with Crippen molar-refractivity contribution in [3.05, 3.63) is 33.7 Å². The molecule has 6 heteroatoms. The maximum Gasteiger partial charge on any atom is 0.431 e. The van der Waals surface area contributed by atoms with Crippen LogP contribution < -0.4 is 5.56 Å². The zero-order chi connectivity index (χ0) is 12.5. The van der Waals surface area contributed by atoms with E-state index in [-0.39, 0.29) is 12.0 Å². The van der Waals surface area contributed by atoms with Gasteiger partial charge in [-0.3, -0.25) is 9.59 Å². The van der Waals surface area contributed by atoms with E-state index < -0.39 is 23.2 Å². The molecule has 1 rings (SSSR count). The molecule has 0 unspecified atom stereocenters. The van der Waals surface area contributed by atoms with Gasteiger partial charge in [-0.25, -0.2) is 0 Å². The Morgan fingerprint density at radius 2 is 1.94 bits per heavy atom. The summed E-state index contributed by atoms with van der Waals surface area (Å²) in [5, 5.41) is 0. The van der Waals surface area contributed by atoms with E-state index in [1.54, 1.807) is 6.92 Å². The van der Waals surface area contributed by atoms with Crippen LogP contribution in [0.15, 0.2) is 16.9 Å². The van der Waals surface area contributed by atoms with Gasteiger partial charge in [0.25, 0.3) is 5.56 Å². The first-order valence-electron chi connectivity index (χ1n) is 4.59. The van der Waals surface area contributed by atoms with Crippen molar-refractivity contribution < 1.29 is 18.0 Å². The Labute approximate surface area is 89.5 Å². The van der Waals surface area contributed by atoms with Crippen molar-refractivity contribution >= 4 is 5.78 Å². The Hall–Kier alpha value is -1.59. The highest BCUT2D eigenvalue weighted by atomic mass is 19.4. The summed E-state index contributed by atoms with van der Waals surface area (Å²) in [4.78, 5) is 22.7. The lowest BCUT2D eigenvalue weighted by atomic mass is 10.1.